The van der Waals surface area contributed by atoms with Gasteiger partial charge in [0.05, 0.1) is 0 Å². The van der Waals surface area contributed by atoms with Crippen molar-refractivity contribution in [1.82, 2.24) is 0 Å². The Morgan fingerprint density at radius 2 is 1.21 bits per heavy atom. The van der Waals surface area contributed by atoms with Gasteiger partial charge in [0.2, 0.25) is 0 Å². The van der Waals surface area contributed by atoms with E-state index in [-0.39, 0.29) is 24.8 Å². The zero-order valence-corrected chi connectivity index (χ0v) is 31.4. The van der Waals surface area contributed by atoms with Gasteiger partial charge in [0, 0.05) is 0 Å². The van der Waals surface area contributed by atoms with E-state index in [0.717, 1.165) is 5.92 Å². The Kier molecular flexibility index (Phi) is 9.12. The molecule has 4 heteroatoms. The first-order chi connectivity index (χ1) is 19.7. The van der Waals surface area contributed by atoms with Gasteiger partial charge in [0.1, 0.15) is 0 Å². The smallest absolute Gasteiger partial charge is 0.147 e. The largest absolute Gasteiger partial charge is 0.147 e. The average Bonchev–Trinajstić information content (AvgIpc) is 3.71. The molecule has 2 atom stereocenters. The van der Waals surface area contributed by atoms with Crippen molar-refractivity contribution in [3.63, 3.8) is 0 Å². The number of hydrogen-bond acceptors (Lipinski definition) is 0. The second-order valence-corrected chi connectivity index (χ2v) is 44.6. The van der Waals surface area contributed by atoms with Crippen LogP contribution >= 0.6 is 24.8 Å². The van der Waals surface area contributed by atoms with Crippen LogP contribution in [0.2, 0.25) is 9.26 Å². The van der Waals surface area contributed by atoms with E-state index < -0.39 is 17.4 Å². The molecule has 0 amide bonds. The van der Waals surface area contributed by atoms with Crippen molar-refractivity contribution < 1.29 is 17.4 Å². The molecule has 0 aliphatic heterocycles. The first-order valence-electron chi connectivity index (χ1n) is 15.6. The Balaban J connectivity index is 0.00000184. The summed E-state index contributed by atoms with van der Waals surface area (Å²) < 4.78 is 6.75. The third-order valence-electron chi connectivity index (χ3n) is 10.6. The molecule has 1 saturated carbocycles. The van der Waals surface area contributed by atoms with Gasteiger partial charge in [-0.15, -0.1) is 24.8 Å². The van der Waals surface area contributed by atoms with E-state index in [1.807, 2.05) is 0 Å². The van der Waals surface area contributed by atoms with Gasteiger partial charge in [-0.05, 0) is 0 Å². The van der Waals surface area contributed by atoms with Crippen LogP contribution in [0.25, 0.3) is 34.4 Å². The van der Waals surface area contributed by atoms with Crippen LogP contribution in [0.4, 0.5) is 0 Å². The fourth-order valence-corrected chi connectivity index (χ4v) is 29.4. The summed E-state index contributed by atoms with van der Waals surface area (Å²) in [6, 6.07) is 34.1. The Hall–Kier alpha value is -1.96. The summed E-state index contributed by atoms with van der Waals surface area (Å²) in [7, 11) is 0. The second kappa shape index (κ2) is 12.1. The molecular formula is C39H44Cl2SiZr. The van der Waals surface area contributed by atoms with Crippen LogP contribution in [-0.2, 0) is 17.4 Å². The molecule has 1 fully saturated rings. The minimum atomic E-state index is -3.64. The Morgan fingerprint density at radius 1 is 0.628 bits per heavy atom. The minimum Gasteiger partial charge on any atom is -0.147 e. The van der Waals surface area contributed by atoms with E-state index in [9.17, 15) is 0 Å². The maximum atomic E-state index is 2.81. The second-order valence-electron chi connectivity index (χ2n) is 14.1. The maximum Gasteiger partial charge on any atom is -0.147 e. The van der Waals surface area contributed by atoms with Gasteiger partial charge in [-0.2, -0.15) is 0 Å². The minimum absolute atomic E-state index is 0. The van der Waals surface area contributed by atoms with Crippen molar-refractivity contribution in [2.75, 3.05) is 0 Å². The summed E-state index contributed by atoms with van der Waals surface area (Å²) in [5.74, 6) is 0.732. The topological polar surface area (TPSA) is 0 Å². The molecule has 4 aromatic rings. The Labute approximate surface area is 273 Å². The van der Waals surface area contributed by atoms with Crippen molar-refractivity contribution in [3.8, 4) is 22.3 Å². The average molecular weight is 703 g/mol. The normalized spacial score (nSPS) is 19.6. The van der Waals surface area contributed by atoms with E-state index in [2.05, 4.69) is 133 Å². The summed E-state index contributed by atoms with van der Waals surface area (Å²) in [5, 5.41) is 0. The van der Waals surface area contributed by atoms with Crippen LogP contribution < -0.4 is 0 Å². The zero-order chi connectivity index (χ0) is 28.4. The molecule has 0 bridgehead atoms. The van der Waals surface area contributed by atoms with Gasteiger partial charge >= 0.3 is 251 Å². The summed E-state index contributed by atoms with van der Waals surface area (Å²) in [6.45, 7) is 7.31. The van der Waals surface area contributed by atoms with Crippen molar-refractivity contribution in [2.45, 2.75) is 56.0 Å². The molecule has 43 heavy (non-hydrogen) atoms. The fraction of sp³-hybridized carbons (Fsp3) is 0.282. The molecule has 7 rings (SSSR count). The van der Waals surface area contributed by atoms with E-state index >= 15 is 0 Å². The van der Waals surface area contributed by atoms with E-state index in [0.29, 0.717) is 7.25 Å². The van der Waals surface area contributed by atoms with Gasteiger partial charge in [-0.25, -0.2) is 0 Å². The molecule has 2 unspecified atom stereocenters. The summed E-state index contributed by atoms with van der Waals surface area (Å²) in [6.07, 6.45) is 10.7. The molecule has 0 radical (unpaired) electrons. The molecular weight excluding hydrogens is 659 g/mol. The van der Waals surface area contributed by atoms with Crippen molar-refractivity contribution >= 4 is 43.8 Å². The van der Waals surface area contributed by atoms with E-state index in [4.69, 9.17) is 0 Å². The standard InChI is InChI=1S/C20H19.C17H15.2CH3.2ClH.H2Si.Zr/c1-2-9-16(10-3-1)19-12-6-11-17-13-18(14-20(17)19)15-7-4-5-8-15;1-12-10-16-13(2)8-9-15(17(16)11-12)14-6-4-3-5-7-14;;;;;;/h1-3,6,9-15H,4-5,7-8H2;3-11H,1-2H3;2*1H3;2*1H;1H2;. The van der Waals surface area contributed by atoms with Crippen LogP contribution in [0, 0.1) is 12.8 Å². The van der Waals surface area contributed by atoms with E-state index in [1.54, 1.807) is 22.3 Å². The van der Waals surface area contributed by atoms with E-state index in [1.165, 1.54) is 64.6 Å². The molecule has 3 aliphatic rings. The Bertz CT molecular complexity index is 1790. The van der Waals surface area contributed by atoms with Gasteiger partial charge in [0.15, 0.2) is 0 Å². The first-order valence-corrected chi connectivity index (χ1v) is 29.2. The van der Waals surface area contributed by atoms with Crippen LogP contribution in [-0.4, -0.2) is 6.88 Å². The monoisotopic (exact) mass is 700 g/mol. The quantitative estimate of drug-likeness (QED) is 0.182. The Morgan fingerprint density at radius 3 is 1.81 bits per heavy atom. The molecule has 3 aliphatic carbocycles. The maximum absolute atomic E-state index is 3.64. The molecule has 0 N–H and O–H groups in total. The first kappa shape index (κ1) is 32.4. The number of hydrogen-bond donors (Lipinski definition) is 0. The molecule has 0 aromatic heterocycles. The molecule has 0 spiro atoms. The van der Waals surface area contributed by atoms with Gasteiger partial charge in [-0.3, -0.25) is 0 Å². The predicted molar refractivity (Wildman–Crippen MR) is 192 cm³/mol. The molecule has 0 nitrogen and oxygen atoms in total. The van der Waals surface area contributed by atoms with Crippen LogP contribution in [0.15, 0.2) is 102 Å². The SMILES string of the molecule is CC1=Cc2c(-c3ccccc3)ccc(C)c2[CH]1[Zr]([CH3])([CH3])(=[SiH2])[CH]1C(C2CCCC2)=Cc2c(-c3ccccc3)cccc21.Cl.Cl. The number of benzene rings is 4. The molecule has 0 saturated heterocycles. The van der Waals surface area contributed by atoms with Gasteiger partial charge < -0.3 is 0 Å². The van der Waals surface area contributed by atoms with Gasteiger partial charge in [-0.1, -0.05) is 0 Å². The summed E-state index contributed by atoms with van der Waals surface area (Å²) in [5.41, 5.74) is 16.6. The van der Waals surface area contributed by atoms with Crippen LogP contribution in [0.3, 0.4) is 0 Å². The third-order valence-corrected chi connectivity index (χ3v) is 28.2. The number of aryl methyl sites for hydroxylation is 1. The number of halogens is 2. The van der Waals surface area contributed by atoms with Crippen LogP contribution in [0.1, 0.15) is 67.7 Å². The van der Waals surface area contributed by atoms with Crippen molar-refractivity contribution in [3.05, 3.63) is 130 Å². The van der Waals surface area contributed by atoms with Crippen molar-refractivity contribution in [1.29, 1.82) is 0 Å². The predicted octanol–water partition coefficient (Wildman–Crippen LogP) is 11.3. The zero-order valence-electron chi connectivity index (χ0n) is 25.9. The molecule has 0 heterocycles. The summed E-state index contributed by atoms with van der Waals surface area (Å²) in [4.78, 5) is 0. The third kappa shape index (κ3) is 5.35. The number of allylic oxidation sites excluding steroid dienone is 2. The summed E-state index contributed by atoms with van der Waals surface area (Å²) >= 11 is -3.64. The number of fused-ring (bicyclic) bond motifs is 2. The number of rotatable bonds is 5. The molecule has 222 valence electrons. The fourth-order valence-electron chi connectivity index (χ4n) is 9.05. The van der Waals surface area contributed by atoms with Crippen molar-refractivity contribution in [2.24, 2.45) is 5.92 Å². The van der Waals surface area contributed by atoms with Gasteiger partial charge in [0.25, 0.3) is 0 Å². The molecule has 4 aromatic carbocycles. The van der Waals surface area contributed by atoms with Crippen LogP contribution in [0.5, 0.6) is 0 Å².